The molecule has 35 heavy (non-hydrogen) atoms. The Morgan fingerprint density at radius 3 is 2.11 bits per heavy atom. The van der Waals surface area contributed by atoms with Gasteiger partial charge >= 0.3 is 5.97 Å². The van der Waals surface area contributed by atoms with Crippen LogP contribution in [0.3, 0.4) is 0 Å². The second-order valence-corrected chi connectivity index (χ2v) is 12.2. The van der Waals surface area contributed by atoms with E-state index in [2.05, 4.69) is 4.90 Å². The van der Waals surface area contributed by atoms with Crippen LogP contribution in [-0.4, -0.2) is 55.5 Å². The highest BCUT2D eigenvalue weighted by Crippen LogP contribution is 2.38. The zero-order valence-electron chi connectivity index (χ0n) is 22.4. The molecule has 0 bridgehead atoms. The molecular formula is C30H52FNO3. The van der Waals surface area contributed by atoms with E-state index in [1.54, 1.807) is 0 Å². The molecule has 0 aromatic rings. The summed E-state index contributed by atoms with van der Waals surface area (Å²) in [5, 5.41) is 0. The molecular weight excluding hydrogens is 441 g/mol. The number of likely N-dealkylation sites (tertiary alicyclic amines) is 1. The van der Waals surface area contributed by atoms with Crippen molar-refractivity contribution in [1.29, 1.82) is 0 Å². The number of carbonyl (C=O) groups excluding carboxylic acids is 1. The Morgan fingerprint density at radius 2 is 1.51 bits per heavy atom. The molecule has 1 saturated heterocycles. The van der Waals surface area contributed by atoms with Crippen LogP contribution in [0.2, 0.25) is 0 Å². The fourth-order valence-corrected chi connectivity index (χ4v) is 7.52. The van der Waals surface area contributed by atoms with Crippen molar-refractivity contribution in [2.75, 3.05) is 26.2 Å². The minimum absolute atomic E-state index is 0.0277. The maximum Gasteiger partial charge on any atom is 0.305 e. The lowest BCUT2D eigenvalue weighted by atomic mass is 9.75. The average Bonchev–Trinajstić information content (AvgIpc) is 2.90. The van der Waals surface area contributed by atoms with E-state index in [1.165, 1.54) is 64.2 Å². The third-order valence-corrected chi connectivity index (χ3v) is 9.67. The third-order valence-electron chi connectivity index (χ3n) is 9.67. The van der Waals surface area contributed by atoms with E-state index in [9.17, 15) is 9.18 Å². The molecule has 1 aliphatic heterocycles. The van der Waals surface area contributed by atoms with Crippen LogP contribution >= 0.6 is 0 Å². The zero-order chi connectivity index (χ0) is 24.5. The minimum Gasteiger partial charge on any atom is -0.461 e. The van der Waals surface area contributed by atoms with Gasteiger partial charge in [0.2, 0.25) is 0 Å². The molecule has 0 spiro atoms. The minimum atomic E-state index is -0.596. The highest BCUT2D eigenvalue weighted by molar-refractivity contribution is 5.69. The van der Waals surface area contributed by atoms with Crippen molar-refractivity contribution in [3.63, 3.8) is 0 Å². The Balaban J connectivity index is 1.29. The maximum atomic E-state index is 13.6. The predicted octanol–water partition coefficient (Wildman–Crippen LogP) is 7.09. The molecule has 4 rings (SSSR count). The summed E-state index contributed by atoms with van der Waals surface area (Å²) in [5.41, 5.74) is 0. The van der Waals surface area contributed by atoms with Gasteiger partial charge in [-0.25, -0.2) is 4.39 Å². The summed E-state index contributed by atoms with van der Waals surface area (Å²) in [6.45, 7) is 5.62. The molecule has 3 saturated carbocycles. The Bertz CT molecular complexity index is 593. The number of nitrogens with zero attached hydrogens (tertiary/aromatic N) is 1. The molecule has 0 aromatic heterocycles. The predicted molar refractivity (Wildman–Crippen MR) is 139 cm³/mol. The number of hydrogen-bond donors (Lipinski definition) is 0. The van der Waals surface area contributed by atoms with Gasteiger partial charge in [0.05, 0.1) is 6.10 Å². The topological polar surface area (TPSA) is 38.8 Å². The normalized spacial score (nSPS) is 32.1. The molecule has 5 heteroatoms. The molecule has 4 nitrogen and oxygen atoms in total. The van der Waals surface area contributed by atoms with Crippen LogP contribution in [0.25, 0.3) is 0 Å². The van der Waals surface area contributed by atoms with E-state index >= 15 is 0 Å². The van der Waals surface area contributed by atoms with Crippen molar-refractivity contribution in [3.8, 4) is 0 Å². The smallest absolute Gasteiger partial charge is 0.305 e. The number of carbonyl (C=O) groups is 1. The first-order chi connectivity index (χ1) is 17.1. The molecule has 1 heterocycles. The zero-order valence-corrected chi connectivity index (χ0v) is 22.4. The largest absolute Gasteiger partial charge is 0.461 e. The Labute approximate surface area is 214 Å². The first-order valence-corrected chi connectivity index (χ1v) is 15.3. The molecule has 0 radical (unpaired) electrons. The molecule has 202 valence electrons. The second kappa shape index (κ2) is 14.3. The molecule has 3 aliphatic carbocycles. The van der Waals surface area contributed by atoms with E-state index in [-0.39, 0.29) is 12.1 Å². The average molecular weight is 494 g/mol. The summed E-state index contributed by atoms with van der Waals surface area (Å²) in [6, 6.07) is 0. The van der Waals surface area contributed by atoms with Crippen molar-refractivity contribution in [3.05, 3.63) is 0 Å². The summed E-state index contributed by atoms with van der Waals surface area (Å²) in [7, 11) is 0. The second-order valence-electron chi connectivity index (χ2n) is 12.2. The number of hydrogen-bond acceptors (Lipinski definition) is 4. The highest BCUT2D eigenvalue weighted by atomic mass is 19.1. The molecule has 0 N–H and O–H groups in total. The number of alkyl halides is 1. The van der Waals surface area contributed by atoms with E-state index < -0.39 is 6.17 Å². The quantitative estimate of drug-likeness (QED) is 0.304. The molecule has 4 aliphatic rings. The van der Waals surface area contributed by atoms with Crippen LogP contribution in [0.1, 0.15) is 116 Å². The lowest BCUT2D eigenvalue weighted by Crippen LogP contribution is -2.48. The fraction of sp³-hybridized carbons (Fsp3) is 0.967. The monoisotopic (exact) mass is 493 g/mol. The summed E-state index contributed by atoms with van der Waals surface area (Å²) in [5.74, 6) is 2.41. The van der Waals surface area contributed by atoms with Crippen molar-refractivity contribution in [1.82, 2.24) is 4.90 Å². The van der Waals surface area contributed by atoms with E-state index in [4.69, 9.17) is 9.47 Å². The van der Waals surface area contributed by atoms with Gasteiger partial charge in [0.25, 0.3) is 0 Å². The molecule has 2 unspecified atom stereocenters. The van der Waals surface area contributed by atoms with Gasteiger partial charge < -0.3 is 9.47 Å². The maximum absolute atomic E-state index is 13.6. The van der Waals surface area contributed by atoms with E-state index in [1.807, 2.05) is 6.92 Å². The Hall–Kier alpha value is -0.680. The number of rotatable bonds is 10. The number of halogens is 1. The van der Waals surface area contributed by atoms with Crippen LogP contribution in [0.4, 0.5) is 4.39 Å². The van der Waals surface area contributed by atoms with E-state index in [0.29, 0.717) is 24.4 Å². The highest BCUT2D eigenvalue weighted by Gasteiger charge is 2.35. The van der Waals surface area contributed by atoms with E-state index in [0.717, 1.165) is 76.6 Å². The molecule has 2 atom stereocenters. The number of piperidine rings is 1. The van der Waals surface area contributed by atoms with Crippen LogP contribution in [-0.2, 0) is 14.3 Å². The summed E-state index contributed by atoms with van der Waals surface area (Å²) in [4.78, 5) is 14.7. The van der Waals surface area contributed by atoms with Crippen LogP contribution in [0, 0.1) is 23.7 Å². The first-order valence-electron chi connectivity index (χ1n) is 15.3. The fourth-order valence-electron chi connectivity index (χ4n) is 7.52. The van der Waals surface area contributed by atoms with Gasteiger partial charge in [-0.2, -0.15) is 0 Å². The summed E-state index contributed by atoms with van der Waals surface area (Å²) in [6.07, 6.45) is 19.4. The first kappa shape index (κ1) is 27.4. The number of esters is 1. The van der Waals surface area contributed by atoms with Gasteiger partial charge in [0.15, 0.2) is 0 Å². The number of ether oxygens (including phenoxy) is 2. The summed E-state index contributed by atoms with van der Waals surface area (Å²) >= 11 is 0. The lowest BCUT2D eigenvalue weighted by molar-refractivity contribution is -0.156. The molecule has 4 fully saturated rings. The lowest BCUT2D eigenvalue weighted by Gasteiger charge is -2.41. The Kier molecular flexibility index (Phi) is 11.2. The van der Waals surface area contributed by atoms with Crippen molar-refractivity contribution in [2.24, 2.45) is 23.7 Å². The van der Waals surface area contributed by atoms with Gasteiger partial charge in [-0.3, -0.25) is 9.69 Å². The Morgan fingerprint density at radius 1 is 0.886 bits per heavy atom. The third kappa shape index (κ3) is 8.42. The standard InChI is InChI=1S/C30H52FNO3/c1-2-29(33)35-28-22-32(21-23-13-15-27(31)16-14-23)19-17-24(28)18-20-34-30(25-9-5-3-6-10-25)26-11-7-4-8-12-26/h23-28,30H,2-22H2,1H3. The molecule has 0 amide bonds. The van der Waals surface area contributed by atoms with Crippen molar-refractivity contribution < 1.29 is 18.7 Å². The van der Waals surface area contributed by atoms with Crippen LogP contribution < -0.4 is 0 Å². The van der Waals surface area contributed by atoms with Gasteiger partial charge in [-0.15, -0.1) is 0 Å². The van der Waals surface area contributed by atoms with Crippen molar-refractivity contribution >= 4 is 5.97 Å². The van der Waals surface area contributed by atoms with Crippen molar-refractivity contribution in [2.45, 2.75) is 134 Å². The van der Waals surface area contributed by atoms with Gasteiger partial charge in [-0.05, 0) is 88.5 Å². The van der Waals surface area contributed by atoms with Gasteiger partial charge in [-0.1, -0.05) is 45.4 Å². The van der Waals surface area contributed by atoms with Gasteiger partial charge in [0, 0.05) is 32.0 Å². The van der Waals surface area contributed by atoms with Crippen LogP contribution in [0.15, 0.2) is 0 Å². The van der Waals surface area contributed by atoms with Gasteiger partial charge in [0.1, 0.15) is 12.3 Å². The molecule has 0 aromatic carbocycles. The summed E-state index contributed by atoms with van der Waals surface area (Å²) < 4.78 is 26.3. The van der Waals surface area contributed by atoms with Crippen LogP contribution in [0.5, 0.6) is 0 Å². The SMILES string of the molecule is CCC(=O)OC1CN(CC2CCC(F)CC2)CCC1CCOC(C1CCCCC1)C1CCCCC1.